The molecule has 0 aromatic carbocycles. The zero-order valence-electron chi connectivity index (χ0n) is 11.3. The molecule has 0 aliphatic heterocycles. The summed E-state index contributed by atoms with van der Waals surface area (Å²) in [6.45, 7) is 3.74. The van der Waals surface area contributed by atoms with E-state index in [0.29, 0.717) is 0 Å². The lowest BCUT2D eigenvalue weighted by Gasteiger charge is -2.08. The van der Waals surface area contributed by atoms with Crippen LogP contribution >= 0.6 is 0 Å². The number of aromatic nitrogens is 6. The first-order valence-corrected chi connectivity index (χ1v) is 6.65. The fourth-order valence-electron chi connectivity index (χ4n) is 2.05. The van der Waals surface area contributed by atoms with Crippen LogP contribution in [0.4, 0.5) is 0 Å². The lowest BCUT2D eigenvalue weighted by atomic mass is 10.2. The Balaban J connectivity index is 1.78. The second-order valence-electron chi connectivity index (χ2n) is 4.55. The highest BCUT2D eigenvalue weighted by molar-refractivity contribution is 5.49. The predicted molar refractivity (Wildman–Crippen MR) is 74.9 cm³/mol. The summed E-state index contributed by atoms with van der Waals surface area (Å²) in [5.41, 5.74) is 2.13. The second kappa shape index (κ2) is 5.64. The average molecular weight is 268 g/mol. The SMILES string of the molecule is CCc1ccc(-c2nccn2CCn2cnnc2)nc1. The summed E-state index contributed by atoms with van der Waals surface area (Å²) in [7, 11) is 0. The van der Waals surface area contributed by atoms with Crippen LogP contribution in [-0.4, -0.2) is 29.3 Å². The second-order valence-corrected chi connectivity index (χ2v) is 4.55. The fraction of sp³-hybridized carbons (Fsp3) is 0.286. The van der Waals surface area contributed by atoms with Gasteiger partial charge in [0.2, 0.25) is 0 Å². The molecule has 6 nitrogen and oxygen atoms in total. The molecule has 3 heterocycles. The van der Waals surface area contributed by atoms with Gasteiger partial charge in [-0.05, 0) is 18.1 Å². The lowest BCUT2D eigenvalue weighted by Crippen LogP contribution is -2.07. The number of rotatable bonds is 5. The number of nitrogens with zero attached hydrogens (tertiary/aromatic N) is 6. The fourth-order valence-corrected chi connectivity index (χ4v) is 2.05. The Morgan fingerprint density at radius 1 is 1.05 bits per heavy atom. The number of pyridine rings is 1. The Bertz CT molecular complexity index is 653. The number of aryl methyl sites for hydroxylation is 3. The van der Waals surface area contributed by atoms with Crippen molar-refractivity contribution in [2.45, 2.75) is 26.4 Å². The Labute approximate surface area is 117 Å². The third-order valence-corrected chi connectivity index (χ3v) is 3.24. The molecule has 20 heavy (non-hydrogen) atoms. The van der Waals surface area contributed by atoms with E-state index in [4.69, 9.17) is 0 Å². The molecular formula is C14H16N6. The first kappa shape index (κ1) is 12.5. The van der Waals surface area contributed by atoms with Crippen LogP contribution in [0.5, 0.6) is 0 Å². The topological polar surface area (TPSA) is 61.4 Å². The van der Waals surface area contributed by atoms with E-state index in [0.717, 1.165) is 31.0 Å². The van der Waals surface area contributed by atoms with Crippen molar-refractivity contribution in [2.75, 3.05) is 0 Å². The maximum Gasteiger partial charge on any atom is 0.158 e. The molecule has 102 valence electrons. The quantitative estimate of drug-likeness (QED) is 0.708. The van der Waals surface area contributed by atoms with E-state index in [9.17, 15) is 0 Å². The Kier molecular flexibility index (Phi) is 3.54. The zero-order valence-corrected chi connectivity index (χ0v) is 11.3. The van der Waals surface area contributed by atoms with Crippen molar-refractivity contribution in [2.24, 2.45) is 0 Å². The number of hydrogen-bond acceptors (Lipinski definition) is 4. The highest BCUT2D eigenvalue weighted by atomic mass is 15.2. The van der Waals surface area contributed by atoms with E-state index in [1.807, 2.05) is 23.0 Å². The van der Waals surface area contributed by atoms with Crippen LogP contribution < -0.4 is 0 Å². The molecule has 0 atom stereocenters. The van der Waals surface area contributed by atoms with Gasteiger partial charge in [0, 0.05) is 31.7 Å². The van der Waals surface area contributed by atoms with Crippen molar-refractivity contribution in [1.29, 1.82) is 0 Å². The molecular weight excluding hydrogens is 252 g/mol. The van der Waals surface area contributed by atoms with Gasteiger partial charge in [0.05, 0.1) is 0 Å². The minimum atomic E-state index is 0.809. The molecule has 6 heteroatoms. The van der Waals surface area contributed by atoms with E-state index < -0.39 is 0 Å². The standard InChI is InChI=1S/C14H16N6/c1-2-12-3-4-13(16-9-12)14-15-5-6-20(14)8-7-19-10-17-18-11-19/h3-6,9-11H,2,7-8H2,1H3. The van der Waals surface area contributed by atoms with Gasteiger partial charge in [0.15, 0.2) is 5.82 Å². The van der Waals surface area contributed by atoms with E-state index >= 15 is 0 Å². The van der Waals surface area contributed by atoms with Crippen LogP contribution in [0.25, 0.3) is 11.5 Å². The molecule has 0 fully saturated rings. The summed E-state index contributed by atoms with van der Waals surface area (Å²) in [6, 6.07) is 4.12. The number of hydrogen-bond donors (Lipinski definition) is 0. The zero-order chi connectivity index (χ0) is 13.8. The molecule has 0 bridgehead atoms. The molecule has 0 saturated heterocycles. The van der Waals surface area contributed by atoms with Gasteiger partial charge in [-0.1, -0.05) is 13.0 Å². The summed E-state index contributed by atoms with van der Waals surface area (Å²) >= 11 is 0. The van der Waals surface area contributed by atoms with Gasteiger partial charge >= 0.3 is 0 Å². The normalized spacial score (nSPS) is 10.8. The molecule has 3 aromatic heterocycles. The van der Waals surface area contributed by atoms with E-state index in [1.165, 1.54) is 5.56 Å². The molecule has 0 N–H and O–H groups in total. The van der Waals surface area contributed by atoms with Gasteiger partial charge < -0.3 is 9.13 Å². The maximum atomic E-state index is 4.48. The number of imidazole rings is 1. The highest BCUT2D eigenvalue weighted by Gasteiger charge is 2.07. The third kappa shape index (κ3) is 2.59. The van der Waals surface area contributed by atoms with Crippen molar-refractivity contribution in [1.82, 2.24) is 29.3 Å². The van der Waals surface area contributed by atoms with Crippen LogP contribution in [0, 0.1) is 0 Å². The first-order chi connectivity index (χ1) is 9.86. The summed E-state index contributed by atoms with van der Waals surface area (Å²) in [4.78, 5) is 8.88. The molecule has 3 aromatic rings. The molecule has 0 amide bonds. The van der Waals surface area contributed by atoms with Gasteiger partial charge in [-0.25, -0.2) is 4.98 Å². The van der Waals surface area contributed by atoms with Crippen LogP contribution in [-0.2, 0) is 19.5 Å². The van der Waals surface area contributed by atoms with Gasteiger partial charge in [-0.2, -0.15) is 0 Å². The van der Waals surface area contributed by atoms with E-state index in [-0.39, 0.29) is 0 Å². The molecule has 0 radical (unpaired) electrons. The van der Waals surface area contributed by atoms with Gasteiger partial charge in [0.1, 0.15) is 18.3 Å². The van der Waals surface area contributed by atoms with Crippen molar-refractivity contribution >= 4 is 0 Å². The molecule has 3 rings (SSSR count). The van der Waals surface area contributed by atoms with Gasteiger partial charge in [-0.3, -0.25) is 4.98 Å². The van der Waals surface area contributed by atoms with Crippen molar-refractivity contribution < 1.29 is 0 Å². The highest BCUT2D eigenvalue weighted by Crippen LogP contribution is 2.15. The molecule has 0 spiro atoms. The Morgan fingerprint density at radius 3 is 2.60 bits per heavy atom. The van der Waals surface area contributed by atoms with Crippen molar-refractivity contribution in [3.05, 3.63) is 48.9 Å². The first-order valence-electron chi connectivity index (χ1n) is 6.65. The van der Waals surface area contributed by atoms with Gasteiger partial charge in [-0.15, -0.1) is 10.2 Å². The smallest absolute Gasteiger partial charge is 0.158 e. The van der Waals surface area contributed by atoms with Crippen LogP contribution in [0.3, 0.4) is 0 Å². The molecule has 0 unspecified atom stereocenters. The third-order valence-electron chi connectivity index (χ3n) is 3.24. The summed E-state index contributed by atoms with van der Waals surface area (Å²) in [6.07, 6.45) is 10.1. The van der Waals surface area contributed by atoms with Crippen LogP contribution in [0.1, 0.15) is 12.5 Å². The van der Waals surface area contributed by atoms with Gasteiger partial charge in [0.25, 0.3) is 0 Å². The molecule has 0 aliphatic rings. The summed E-state index contributed by atoms with van der Waals surface area (Å²) < 4.78 is 4.03. The monoisotopic (exact) mass is 268 g/mol. The van der Waals surface area contributed by atoms with Crippen molar-refractivity contribution in [3.63, 3.8) is 0 Å². The Hall–Kier alpha value is -2.50. The van der Waals surface area contributed by atoms with Crippen LogP contribution in [0.15, 0.2) is 43.4 Å². The summed E-state index contributed by atoms with van der Waals surface area (Å²) in [5.74, 6) is 0.890. The minimum Gasteiger partial charge on any atom is -0.328 e. The van der Waals surface area contributed by atoms with E-state index in [2.05, 4.69) is 37.7 Å². The lowest BCUT2D eigenvalue weighted by molar-refractivity contribution is 0.580. The maximum absolute atomic E-state index is 4.48. The molecule has 0 saturated carbocycles. The predicted octanol–water partition coefficient (Wildman–Crippen LogP) is 1.80. The minimum absolute atomic E-state index is 0.809. The summed E-state index contributed by atoms with van der Waals surface area (Å²) in [5, 5.41) is 7.60. The largest absolute Gasteiger partial charge is 0.328 e. The Morgan fingerprint density at radius 2 is 1.90 bits per heavy atom. The average Bonchev–Trinajstić information content (AvgIpc) is 3.16. The van der Waals surface area contributed by atoms with Crippen molar-refractivity contribution in [3.8, 4) is 11.5 Å². The van der Waals surface area contributed by atoms with Crippen LogP contribution in [0.2, 0.25) is 0 Å². The van der Waals surface area contributed by atoms with E-state index in [1.54, 1.807) is 18.9 Å². The molecule has 0 aliphatic carbocycles.